The quantitative estimate of drug-likeness (QED) is 0.573. The van der Waals surface area contributed by atoms with Gasteiger partial charge in [0.25, 0.3) is 0 Å². The van der Waals surface area contributed by atoms with Crippen molar-refractivity contribution in [3.05, 3.63) is 0 Å². The van der Waals surface area contributed by atoms with Crippen LogP contribution in [0.2, 0.25) is 0 Å². The molecule has 0 atom stereocenters. The molecule has 0 aromatic carbocycles. The second-order valence-corrected chi connectivity index (χ2v) is 7.48. The summed E-state index contributed by atoms with van der Waals surface area (Å²) in [5.41, 5.74) is -1.06. The third kappa shape index (κ3) is 8.49. The van der Waals surface area contributed by atoms with Crippen molar-refractivity contribution in [3.63, 3.8) is 0 Å². The lowest BCUT2D eigenvalue weighted by Gasteiger charge is -2.32. The van der Waals surface area contributed by atoms with Gasteiger partial charge in [0.05, 0.1) is 13.2 Å². The van der Waals surface area contributed by atoms with Crippen LogP contribution in [-0.2, 0) is 14.3 Å². The second-order valence-electron chi connectivity index (χ2n) is 7.48. The topological polar surface area (TPSA) is 67.4 Å². The van der Waals surface area contributed by atoms with Crippen LogP contribution in [0.15, 0.2) is 0 Å². The first-order valence-corrected chi connectivity index (χ1v) is 8.09. The van der Waals surface area contributed by atoms with Crippen molar-refractivity contribution in [2.45, 2.75) is 60.9 Å². The van der Waals surface area contributed by atoms with Crippen molar-refractivity contribution in [1.82, 2.24) is 10.6 Å². The third-order valence-corrected chi connectivity index (χ3v) is 3.78. The normalized spacial score (nSPS) is 12.5. The number of hydrogen-bond acceptors (Lipinski definition) is 4. The fourth-order valence-corrected chi connectivity index (χ4v) is 2.31. The van der Waals surface area contributed by atoms with Gasteiger partial charge in [-0.3, -0.25) is 9.59 Å². The number of Topliss-reactive ketones (excluding diaryl/α,β-unsaturated/α-hetero) is 1. The predicted octanol–water partition coefficient (Wildman–Crippen LogP) is 2.15. The van der Waals surface area contributed by atoms with E-state index < -0.39 is 10.8 Å². The predicted molar refractivity (Wildman–Crippen MR) is 89.8 cm³/mol. The van der Waals surface area contributed by atoms with Gasteiger partial charge in [-0.2, -0.15) is 0 Å². The molecule has 0 saturated heterocycles. The lowest BCUT2D eigenvalue weighted by atomic mass is 9.72. The van der Waals surface area contributed by atoms with E-state index in [-0.39, 0.29) is 11.7 Å². The van der Waals surface area contributed by atoms with Crippen molar-refractivity contribution in [2.24, 2.45) is 10.8 Å². The van der Waals surface area contributed by atoms with Crippen molar-refractivity contribution < 1.29 is 14.3 Å². The molecule has 1 amide bonds. The molecule has 2 N–H and O–H groups in total. The Bertz CT molecular complexity index is 363. The van der Waals surface area contributed by atoms with Gasteiger partial charge in [0.15, 0.2) is 0 Å². The molecule has 0 aliphatic rings. The largest absolute Gasteiger partial charge is 0.378 e. The van der Waals surface area contributed by atoms with Gasteiger partial charge in [-0.15, -0.1) is 0 Å². The second kappa shape index (κ2) is 9.26. The molecule has 0 aliphatic carbocycles. The number of carbonyl (C=O) groups excluding carboxylic acids is 2. The van der Waals surface area contributed by atoms with E-state index in [1.165, 1.54) is 0 Å². The summed E-state index contributed by atoms with van der Waals surface area (Å²) in [6.07, 6.45) is 0.528. The Morgan fingerprint density at radius 1 is 1.00 bits per heavy atom. The van der Waals surface area contributed by atoms with Gasteiger partial charge < -0.3 is 15.4 Å². The molecule has 0 unspecified atom stereocenters. The minimum Gasteiger partial charge on any atom is -0.378 e. The zero-order valence-corrected chi connectivity index (χ0v) is 15.3. The average molecular weight is 314 g/mol. The molecule has 0 fully saturated rings. The Morgan fingerprint density at radius 3 is 2.05 bits per heavy atom. The minimum atomic E-state index is -0.575. The van der Waals surface area contributed by atoms with Gasteiger partial charge in [0.1, 0.15) is 5.78 Å². The van der Waals surface area contributed by atoms with E-state index in [1.807, 2.05) is 27.7 Å². The number of nitrogens with one attached hydrogen (secondary N) is 2. The standard InChI is InChI=1S/C17H34N2O3/c1-13(2)18-8-10-22-11-9-19-15(21)17(6,7)12-16(4,5)14(3)20/h13,18H,8-12H2,1-7H3,(H,19,21). The van der Waals surface area contributed by atoms with Gasteiger partial charge >= 0.3 is 0 Å². The summed E-state index contributed by atoms with van der Waals surface area (Å²) in [6.45, 7) is 15.7. The highest BCUT2D eigenvalue weighted by Crippen LogP contribution is 2.34. The average Bonchev–Trinajstić information content (AvgIpc) is 2.35. The van der Waals surface area contributed by atoms with Crippen LogP contribution in [0.25, 0.3) is 0 Å². The summed E-state index contributed by atoms with van der Waals surface area (Å²) in [5.74, 6) is 0.0695. The molecule has 0 bridgehead atoms. The van der Waals surface area contributed by atoms with E-state index >= 15 is 0 Å². The van der Waals surface area contributed by atoms with Crippen LogP contribution >= 0.6 is 0 Å². The number of rotatable bonds is 11. The van der Waals surface area contributed by atoms with Crippen molar-refractivity contribution in [3.8, 4) is 0 Å². The van der Waals surface area contributed by atoms with E-state index in [0.29, 0.717) is 32.2 Å². The summed E-state index contributed by atoms with van der Waals surface area (Å²) in [4.78, 5) is 23.9. The maximum atomic E-state index is 12.3. The highest BCUT2D eigenvalue weighted by atomic mass is 16.5. The summed E-state index contributed by atoms with van der Waals surface area (Å²) in [6, 6.07) is 0.453. The molecule has 0 heterocycles. The van der Waals surface area contributed by atoms with E-state index in [0.717, 1.165) is 6.54 Å². The Balaban J connectivity index is 4.02. The highest BCUT2D eigenvalue weighted by molar-refractivity contribution is 5.85. The van der Waals surface area contributed by atoms with Gasteiger partial charge in [-0.05, 0) is 13.3 Å². The van der Waals surface area contributed by atoms with Crippen molar-refractivity contribution in [2.75, 3.05) is 26.3 Å². The van der Waals surface area contributed by atoms with Gasteiger partial charge in [0, 0.05) is 30.0 Å². The lowest BCUT2D eigenvalue weighted by Crippen LogP contribution is -2.42. The first-order valence-electron chi connectivity index (χ1n) is 8.09. The van der Waals surface area contributed by atoms with Crippen molar-refractivity contribution >= 4 is 11.7 Å². The molecule has 5 heteroatoms. The first kappa shape index (κ1) is 21.1. The Labute approximate surface area is 135 Å². The maximum Gasteiger partial charge on any atom is 0.225 e. The molecule has 0 aromatic rings. The number of carbonyl (C=O) groups is 2. The molecule has 5 nitrogen and oxygen atoms in total. The van der Waals surface area contributed by atoms with Crippen molar-refractivity contribution in [1.29, 1.82) is 0 Å². The number of amides is 1. The molecule has 0 saturated carbocycles. The number of ether oxygens (including phenoxy) is 1. The van der Waals surface area contributed by atoms with E-state index in [2.05, 4.69) is 24.5 Å². The Morgan fingerprint density at radius 2 is 1.55 bits per heavy atom. The molecule has 0 aliphatic heterocycles. The Kier molecular flexibility index (Phi) is 8.86. The minimum absolute atomic E-state index is 0.0364. The van der Waals surface area contributed by atoms with E-state index in [9.17, 15) is 9.59 Å². The summed E-state index contributed by atoms with van der Waals surface area (Å²) in [7, 11) is 0. The first-order chi connectivity index (χ1) is 9.99. The summed E-state index contributed by atoms with van der Waals surface area (Å²) in [5, 5.41) is 6.15. The zero-order chi connectivity index (χ0) is 17.4. The highest BCUT2D eigenvalue weighted by Gasteiger charge is 2.36. The maximum absolute atomic E-state index is 12.3. The molecule has 0 aromatic heterocycles. The Hall–Kier alpha value is -0.940. The van der Waals surface area contributed by atoms with Crippen LogP contribution in [-0.4, -0.2) is 44.0 Å². The molecular weight excluding hydrogens is 280 g/mol. The van der Waals surface area contributed by atoms with E-state index in [4.69, 9.17) is 4.74 Å². The molecule has 22 heavy (non-hydrogen) atoms. The third-order valence-electron chi connectivity index (χ3n) is 3.78. The van der Waals surface area contributed by atoms with Crippen LogP contribution in [0.1, 0.15) is 54.9 Å². The number of ketones is 1. The molecule has 0 rings (SSSR count). The van der Waals surface area contributed by atoms with Crippen LogP contribution in [0.3, 0.4) is 0 Å². The SMILES string of the molecule is CC(=O)C(C)(C)CC(C)(C)C(=O)NCCOCCNC(C)C. The molecule has 130 valence electrons. The summed E-state index contributed by atoms with van der Waals surface area (Å²) < 4.78 is 5.45. The van der Waals surface area contributed by atoms with E-state index in [1.54, 1.807) is 6.92 Å². The summed E-state index contributed by atoms with van der Waals surface area (Å²) >= 11 is 0. The van der Waals surface area contributed by atoms with Gasteiger partial charge in [-0.1, -0.05) is 41.5 Å². The van der Waals surface area contributed by atoms with Crippen LogP contribution in [0, 0.1) is 10.8 Å². The number of hydrogen-bond donors (Lipinski definition) is 2. The van der Waals surface area contributed by atoms with Gasteiger partial charge in [-0.25, -0.2) is 0 Å². The fraction of sp³-hybridized carbons (Fsp3) is 0.882. The fourth-order valence-electron chi connectivity index (χ4n) is 2.31. The van der Waals surface area contributed by atoms with Crippen LogP contribution in [0.4, 0.5) is 0 Å². The van der Waals surface area contributed by atoms with Crippen LogP contribution in [0.5, 0.6) is 0 Å². The monoisotopic (exact) mass is 314 g/mol. The van der Waals surface area contributed by atoms with Crippen LogP contribution < -0.4 is 10.6 Å². The molecule has 0 spiro atoms. The van der Waals surface area contributed by atoms with Gasteiger partial charge in [0.2, 0.25) is 5.91 Å². The molecular formula is C17H34N2O3. The molecule has 0 radical (unpaired) electrons. The zero-order valence-electron chi connectivity index (χ0n) is 15.3. The smallest absolute Gasteiger partial charge is 0.225 e. The lowest BCUT2D eigenvalue weighted by molar-refractivity contribution is -0.134.